The Balaban J connectivity index is 2.00. The summed E-state index contributed by atoms with van der Waals surface area (Å²) in [5, 5.41) is 12.7. The van der Waals surface area contributed by atoms with Crippen molar-refractivity contribution in [1.82, 2.24) is 0 Å². The number of carbonyl (C=O) groups excluding carboxylic acids is 1. The van der Waals surface area contributed by atoms with Gasteiger partial charge in [-0.05, 0) is 36.4 Å². The maximum atomic E-state index is 12.5. The molecule has 8 heteroatoms. The first-order valence-corrected chi connectivity index (χ1v) is 9.26. The van der Waals surface area contributed by atoms with Gasteiger partial charge in [-0.3, -0.25) is 4.79 Å². The minimum absolute atomic E-state index is 0.0286. The topological polar surface area (TPSA) is 110 Å². The van der Waals surface area contributed by atoms with Gasteiger partial charge in [0.1, 0.15) is 4.90 Å². The van der Waals surface area contributed by atoms with Crippen LogP contribution in [0.5, 0.6) is 5.75 Å². The number of fused-ring (bicyclic) bond motifs is 1. The number of carboxylic acids is 1. The molecular weight excluding hydrogens is 370 g/mol. The van der Waals surface area contributed by atoms with Crippen molar-refractivity contribution in [2.24, 2.45) is 0 Å². The number of hydrogen-bond donors (Lipinski definition) is 2. The summed E-state index contributed by atoms with van der Waals surface area (Å²) in [7, 11) is -4.16. The number of aromatic carboxylic acids is 1. The Morgan fingerprint density at radius 2 is 1.56 bits per heavy atom. The van der Waals surface area contributed by atoms with Gasteiger partial charge in [0.25, 0.3) is 0 Å². The maximum Gasteiger partial charge on any atom is 0.339 e. The molecule has 0 bridgehead atoms. The SMILES string of the molecule is CC(=O)Nc1ccc(OS(=O)(=O)c2ccc(C(=O)O)cc2)c2ccccc12. The number of nitrogens with one attached hydrogen (secondary N) is 1. The van der Waals surface area contributed by atoms with Gasteiger partial charge in [-0.15, -0.1) is 0 Å². The van der Waals surface area contributed by atoms with E-state index < -0.39 is 16.1 Å². The van der Waals surface area contributed by atoms with Crippen molar-refractivity contribution >= 4 is 38.5 Å². The lowest BCUT2D eigenvalue weighted by atomic mass is 10.1. The van der Waals surface area contributed by atoms with E-state index in [0.717, 1.165) is 0 Å². The van der Waals surface area contributed by atoms with Crippen molar-refractivity contribution in [2.45, 2.75) is 11.8 Å². The molecule has 0 saturated heterocycles. The average molecular weight is 385 g/mol. The first-order valence-electron chi connectivity index (χ1n) is 7.85. The summed E-state index contributed by atoms with van der Waals surface area (Å²) >= 11 is 0. The van der Waals surface area contributed by atoms with Gasteiger partial charge >= 0.3 is 16.1 Å². The molecule has 0 aliphatic heterocycles. The molecule has 27 heavy (non-hydrogen) atoms. The van der Waals surface area contributed by atoms with Gasteiger partial charge in [0, 0.05) is 23.4 Å². The predicted octanol–water partition coefficient (Wildman–Crippen LogP) is 3.26. The van der Waals surface area contributed by atoms with Crippen molar-refractivity contribution in [3.05, 3.63) is 66.2 Å². The Morgan fingerprint density at radius 1 is 0.926 bits per heavy atom. The van der Waals surface area contributed by atoms with E-state index in [1.54, 1.807) is 30.3 Å². The second-order valence-electron chi connectivity index (χ2n) is 5.71. The molecule has 3 aromatic carbocycles. The highest BCUT2D eigenvalue weighted by molar-refractivity contribution is 7.87. The highest BCUT2D eigenvalue weighted by Gasteiger charge is 2.19. The summed E-state index contributed by atoms with van der Waals surface area (Å²) < 4.78 is 30.4. The van der Waals surface area contributed by atoms with Crippen molar-refractivity contribution in [1.29, 1.82) is 0 Å². The van der Waals surface area contributed by atoms with Crippen LogP contribution in [0, 0.1) is 0 Å². The number of carbonyl (C=O) groups is 2. The first kappa shape index (κ1) is 18.4. The van der Waals surface area contributed by atoms with Crippen LogP contribution in [0.25, 0.3) is 10.8 Å². The van der Waals surface area contributed by atoms with E-state index in [2.05, 4.69) is 5.32 Å². The van der Waals surface area contributed by atoms with Crippen molar-refractivity contribution < 1.29 is 27.3 Å². The van der Waals surface area contributed by atoms with Crippen molar-refractivity contribution in [3.63, 3.8) is 0 Å². The molecular formula is C19H15NO6S. The molecule has 0 atom stereocenters. The smallest absolute Gasteiger partial charge is 0.339 e. The fourth-order valence-electron chi connectivity index (χ4n) is 2.57. The fraction of sp³-hybridized carbons (Fsp3) is 0.0526. The summed E-state index contributed by atoms with van der Waals surface area (Å²) in [5.74, 6) is -1.30. The predicted molar refractivity (Wildman–Crippen MR) is 99.5 cm³/mol. The molecule has 0 fully saturated rings. The second kappa shape index (κ2) is 7.08. The third kappa shape index (κ3) is 3.90. The van der Waals surface area contributed by atoms with Crippen LogP contribution in [0.15, 0.2) is 65.6 Å². The zero-order valence-electron chi connectivity index (χ0n) is 14.2. The number of carboxylic acid groups (broad SMARTS) is 1. The molecule has 0 aliphatic rings. The minimum Gasteiger partial charge on any atom is -0.478 e. The Kier molecular flexibility index (Phi) is 4.83. The normalized spacial score (nSPS) is 11.1. The monoisotopic (exact) mass is 385 g/mol. The summed E-state index contributed by atoms with van der Waals surface area (Å²) in [6.07, 6.45) is 0. The number of rotatable bonds is 5. The lowest BCUT2D eigenvalue weighted by Gasteiger charge is -2.13. The fourth-order valence-corrected chi connectivity index (χ4v) is 3.52. The van der Waals surface area contributed by atoms with Crippen molar-refractivity contribution in [2.75, 3.05) is 5.32 Å². The standard InChI is InChI=1S/C19H15NO6S/c1-12(21)20-17-10-11-18(16-5-3-2-4-15(16)17)26-27(24,25)14-8-6-13(7-9-14)19(22)23/h2-11H,1H3,(H,20,21)(H,22,23). The molecule has 0 spiro atoms. The Hall–Kier alpha value is -3.39. The van der Waals surface area contributed by atoms with Gasteiger partial charge in [-0.1, -0.05) is 24.3 Å². The van der Waals surface area contributed by atoms with Crippen molar-refractivity contribution in [3.8, 4) is 5.75 Å². The quantitative estimate of drug-likeness (QED) is 0.653. The molecule has 0 unspecified atom stereocenters. The molecule has 0 aromatic heterocycles. The van der Waals surface area contributed by atoms with Gasteiger partial charge in [-0.25, -0.2) is 4.79 Å². The lowest BCUT2D eigenvalue weighted by Crippen LogP contribution is -2.11. The van der Waals surface area contributed by atoms with E-state index in [-0.39, 0.29) is 22.1 Å². The molecule has 0 aliphatic carbocycles. The van der Waals surface area contributed by atoms with E-state index in [1.807, 2.05) is 0 Å². The van der Waals surface area contributed by atoms with Gasteiger partial charge in [0.15, 0.2) is 5.75 Å². The molecule has 138 valence electrons. The largest absolute Gasteiger partial charge is 0.478 e. The Morgan fingerprint density at radius 3 is 2.15 bits per heavy atom. The highest BCUT2D eigenvalue weighted by atomic mass is 32.2. The lowest BCUT2D eigenvalue weighted by molar-refractivity contribution is -0.114. The average Bonchev–Trinajstić information content (AvgIpc) is 2.63. The van der Waals surface area contributed by atoms with E-state index >= 15 is 0 Å². The third-order valence-corrected chi connectivity index (χ3v) is 5.03. The van der Waals surface area contributed by atoms with Gasteiger partial charge in [-0.2, -0.15) is 8.42 Å². The van der Waals surface area contributed by atoms with E-state index in [4.69, 9.17) is 9.29 Å². The summed E-state index contributed by atoms with van der Waals surface area (Å²) in [6, 6.07) is 14.6. The summed E-state index contributed by atoms with van der Waals surface area (Å²) in [4.78, 5) is 22.1. The molecule has 2 N–H and O–H groups in total. The number of benzene rings is 3. The highest BCUT2D eigenvalue weighted by Crippen LogP contribution is 2.33. The van der Waals surface area contributed by atoms with Gasteiger partial charge < -0.3 is 14.6 Å². The molecule has 3 aromatic rings. The summed E-state index contributed by atoms with van der Waals surface area (Å²) in [6.45, 7) is 1.38. The first-order chi connectivity index (χ1) is 12.8. The van der Waals surface area contributed by atoms with Gasteiger partial charge in [0.05, 0.1) is 5.56 Å². The van der Waals surface area contributed by atoms with Crippen LogP contribution in [0.3, 0.4) is 0 Å². The maximum absolute atomic E-state index is 12.5. The van der Waals surface area contributed by atoms with Crippen LogP contribution in [0.4, 0.5) is 5.69 Å². The molecule has 7 nitrogen and oxygen atoms in total. The van der Waals surface area contributed by atoms with Crippen LogP contribution in [0.1, 0.15) is 17.3 Å². The molecule has 3 rings (SSSR count). The zero-order chi connectivity index (χ0) is 19.6. The number of hydrogen-bond acceptors (Lipinski definition) is 5. The van der Waals surface area contributed by atoms with Crippen LogP contribution < -0.4 is 9.50 Å². The van der Waals surface area contributed by atoms with E-state index in [9.17, 15) is 18.0 Å². The second-order valence-corrected chi connectivity index (χ2v) is 7.25. The molecule has 0 saturated carbocycles. The summed E-state index contributed by atoms with van der Waals surface area (Å²) in [5.41, 5.74) is 0.507. The minimum atomic E-state index is -4.16. The van der Waals surface area contributed by atoms with Crippen LogP contribution in [-0.2, 0) is 14.9 Å². The number of amides is 1. The molecule has 0 heterocycles. The van der Waals surface area contributed by atoms with Crippen LogP contribution in [-0.4, -0.2) is 25.4 Å². The Labute approximate surface area is 155 Å². The van der Waals surface area contributed by atoms with Gasteiger partial charge in [0.2, 0.25) is 5.91 Å². The molecule has 1 amide bonds. The van der Waals surface area contributed by atoms with Crippen LogP contribution in [0.2, 0.25) is 0 Å². The van der Waals surface area contributed by atoms with Crippen LogP contribution >= 0.6 is 0 Å². The third-order valence-electron chi connectivity index (χ3n) is 3.78. The Bertz CT molecular complexity index is 1140. The van der Waals surface area contributed by atoms with E-state index in [0.29, 0.717) is 16.5 Å². The number of anilines is 1. The molecule has 0 radical (unpaired) electrons. The van der Waals surface area contributed by atoms with E-state index in [1.165, 1.54) is 37.3 Å². The zero-order valence-corrected chi connectivity index (χ0v) is 15.0.